The molecule has 1 saturated carbocycles. The maximum absolute atomic E-state index is 11.9. The summed E-state index contributed by atoms with van der Waals surface area (Å²) in [5, 5.41) is 13.3. The highest BCUT2D eigenvalue weighted by molar-refractivity contribution is 7.13. The van der Waals surface area contributed by atoms with Crippen molar-refractivity contribution in [2.24, 2.45) is 5.92 Å². The Kier molecular flexibility index (Phi) is 3.93. The number of ether oxygens (including phenoxy) is 1. The van der Waals surface area contributed by atoms with Crippen LogP contribution in [0.1, 0.15) is 18.5 Å². The number of aromatic nitrogens is 1. The van der Waals surface area contributed by atoms with Crippen molar-refractivity contribution in [1.82, 2.24) is 4.98 Å². The van der Waals surface area contributed by atoms with Crippen LogP contribution in [-0.2, 0) is 20.7 Å². The van der Waals surface area contributed by atoms with Gasteiger partial charge in [0.2, 0.25) is 0 Å². The van der Waals surface area contributed by atoms with Gasteiger partial charge in [0.25, 0.3) is 5.91 Å². The van der Waals surface area contributed by atoms with E-state index in [1.54, 1.807) is 5.38 Å². The number of carbonyl (C=O) groups is 2. The highest BCUT2D eigenvalue weighted by Crippen LogP contribution is 2.34. The van der Waals surface area contributed by atoms with Crippen LogP contribution in [0.5, 0.6) is 0 Å². The second-order valence-corrected chi connectivity index (χ2v) is 5.06. The molecule has 98 valence electrons. The summed E-state index contributed by atoms with van der Waals surface area (Å²) in [6.07, 6.45) is 1.45. The molecule has 18 heavy (non-hydrogen) atoms. The average Bonchev–Trinajstić information content (AvgIpc) is 3.02. The van der Waals surface area contributed by atoms with Crippen molar-refractivity contribution in [2.75, 3.05) is 12.4 Å². The number of carboxylic acid groups (broad SMARTS) is 1. The lowest BCUT2D eigenvalue weighted by Gasteiger charge is -2.12. The molecule has 2 rings (SSSR count). The zero-order valence-electron chi connectivity index (χ0n) is 9.88. The maximum Gasteiger partial charge on any atom is 0.309 e. The number of rotatable bonds is 6. The molecular formula is C11H14N2O4S. The Labute approximate surface area is 108 Å². The number of anilines is 1. The van der Waals surface area contributed by atoms with E-state index >= 15 is 0 Å². The number of amides is 1. The molecule has 2 N–H and O–H groups in total. The molecule has 0 aromatic carbocycles. The average molecular weight is 270 g/mol. The van der Waals surface area contributed by atoms with Crippen molar-refractivity contribution < 1.29 is 19.4 Å². The van der Waals surface area contributed by atoms with E-state index in [0.717, 1.165) is 12.8 Å². The van der Waals surface area contributed by atoms with Crippen molar-refractivity contribution in [3.05, 3.63) is 11.1 Å². The molecular weight excluding hydrogens is 256 g/mol. The summed E-state index contributed by atoms with van der Waals surface area (Å²) in [6, 6.07) is 0. The minimum Gasteiger partial charge on any atom is -0.481 e. The van der Waals surface area contributed by atoms with Crippen molar-refractivity contribution in [3.8, 4) is 0 Å². The summed E-state index contributed by atoms with van der Waals surface area (Å²) in [5.74, 6) is -0.851. The second-order valence-electron chi connectivity index (χ2n) is 4.20. The fraction of sp³-hybridized carbons (Fsp3) is 0.545. The standard InChI is InChI=1S/C11H14N2O4S/c1-17-9(6-2-3-6)10(16)13-11-12-7(5-18-11)4-8(14)15/h5-6,9H,2-4H2,1H3,(H,14,15)(H,12,13,16). The third kappa shape index (κ3) is 3.27. The largest absolute Gasteiger partial charge is 0.481 e. The number of carbonyl (C=O) groups excluding carboxylic acids is 1. The Balaban J connectivity index is 1.93. The number of methoxy groups -OCH3 is 1. The smallest absolute Gasteiger partial charge is 0.309 e. The minimum absolute atomic E-state index is 0.136. The lowest BCUT2D eigenvalue weighted by Crippen LogP contribution is -2.31. The van der Waals surface area contributed by atoms with Crippen LogP contribution >= 0.6 is 11.3 Å². The van der Waals surface area contributed by atoms with Gasteiger partial charge < -0.3 is 9.84 Å². The van der Waals surface area contributed by atoms with Gasteiger partial charge >= 0.3 is 5.97 Å². The van der Waals surface area contributed by atoms with Gasteiger partial charge in [0, 0.05) is 12.5 Å². The molecule has 1 aliphatic rings. The Morgan fingerprint density at radius 2 is 2.39 bits per heavy atom. The highest BCUT2D eigenvalue weighted by Gasteiger charge is 2.36. The van der Waals surface area contributed by atoms with E-state index in [2.05, 4.69) is 10.3 Å². The molecule has 1 aromatic rings. The van der Waals surface area contributed by atoms with Crippen LogP contribution in [0.4, 0.5) is 5.13 Å². The Hall–Kier alpha value is -1.47. The molecule has 1 fully saturated rings. The summed E-state index contributed by atoms with van der Waals surface area (Å²) in [4.78, 5) is 26.4. The summed E-state index contributed by atoms with van der Waals surface area (Å²) in [6.45, 7) is 0. The van der Waals surface area contributed by atoms with Crippen molar-refractivity contribution in [2.45, 2.75) is 25.4 Å². The number of nitrogens with zero attached hydrogens (tertiary/aromatic N) is 1. The lowest BCUT2D eigenvalue weighted by molar-refractivity contribution is -0.136. The molecule has 1 aliphatic carbocycles. The van der Waals surface area contributed by atoms with Gasteiger partial charge in [-0.2, -0.15) is 0 Å². The number of hydrogen-bond donors (Lipinski definition) is 2. The SMILES string of the molecule is COC(C(=O)Nc1nc(CC(=O)O)cs1)C1CC1. The fourth-order valence-electron chi connectivity index (χ4n) is 1.69. The summed E-state index contributed by atoms with van der Waals surface area (Å²) in [7, 11) is 1.51. The van der Waals surface area contributed by atoms with E-state index in [0.29, 0.717) is 16.7 Å². The number of thiazole rings is 1. The van der Waals surface area contributed by atoms with Crippen molar-refractivity contribution in [1.29, 1.82) is 0 Å². The third-order valence-electron chi connectivity index (χ3n) is 2.68. The van der Waals surface area contributed by atoms with Gasteiger partial charge in [-0.15, -0.1) is 11.3 Å². The molecule has 1 aromatic heterocycles. The van der Waals surface area contributed by atoms with E-state index in [-0.39, 0.29) is 12.3 Å². The number of aliphatic carboxylic acids is 1. The van der Waals surface area contributed by atoms with E-state index in [9.17, 15) is 9.59 Å². The Morgan fingerprint density at radius 3 is 2.94 bits per heavy atom. The van der Waals surface area contributed by atoms with E-state index in [1.165, 1.54) is 18.4 Å². The maximum atomic E-state index is 11.9. The summed E-state index contributed by atoms with van der Waals surface area (Å²) < 4.78 is 5.15. The molecule has 0 saturated heterocycles. The van der Waals surface area contributed by atoms with Crippen LogP contribution in [0.25, 0.3) is 0 Å². The predicted molar refractivity (Wildman–Crippen MR) is 65.6 cm³/mol. The quantitative estimate of drug-likeness (QED) is 0.809. The number of hydrogen-bond acceptors (Lipinski definition) is 5. The van der Waals surface area contributed by atoms with Crippen LogP contribution in [0, 0.1) is 5.92 Å². The first-order chi connectivity index (χ1) is 8.60. The molecule has 1 unspecified atom stereocenters. The van der Waals surface area contributed by atoms with Crippen molar-refractivity contribution in [3.63, 3.8) is 0 Å². The molecule has 0 radical (unpaired) electrons. The molecule has 7 heteroatoms. The molecule has 6 nitrogen and oxygen atoms in total. The van der Waals surface area contributed by atoms with E-state index in [1.807, 2.05) is 0 Å². The van der Waals surface area contributed by atoms with Crippen molar-refractivity contribution >= 4 is 28.3 Å². The van der Waals surface area contributed by atoms with Crippen LogP contribution < -0.4 is 5.32 Å². The van der Waals surface area contributed by atoms with Gasteiger partial charge in [0.15, 0.2) is 5.13 Å². The molecule has 1 atom stereocenters. The molecule has 1 amide bonds. The third-order valence-corrected chi connectivity index (χ3v) is 3.48. The van der Waals surface area contributed by atoms with Gasteiger partial charge in [0.1, 0.15) is 6.10 Å². The summed E-state index contributed by atoms with van der Waals surface area (Å²) >= 11 is 1.22. The molecule has 0 bridgehead atoms. The Bertz CT molecular complexity index is 456. The zero-order valence-corrected chi connectivity index (χ0v) is 10.7. The van der Waals surface area contributed by atoms with Gasteiger partial charge in [-0.1, -0.05) is 0 Å². The van der Waals surface area contributed by atoms with Crippen LogP contribution in [0.2, 0.25) is 0 Å². The first-order valence-corrected chi connectivity index (χ1v) is 6.48. The Morgan fingerprint density at radius 1 is 1.67 bits per heavy atom. The van der Waals surface area contributed by atoms with Crippen LogP contribution in [0.3, 0.4) is 0 Å². The normalized spacial score (nSPS) is 16.3. The van der Waals surface area contributed by atoms with Crippen LogP contribution in [-0.4, -0.2) is 35.2 Å². The first-order valence-electron chi connectivity index (χ1n) is 5.60. The summed E-state index contributed by atoms with van der Waals surface area (Å²) in [5.41, 5.74) is 0.447. The molecule has 1 heterocycles. The van der Waals surface area contributed by atoms with E-state index < -0.39 is 12.1 Å². The topological polar surface area (TPSA) is 88.5 Å². The number of nitrogens with one attached hydrogen (secondary N) is 1. The first kappa shape index (κ1) is 13.0. The monoisotopic (exact) mass is 270 g/mol. The van der Waals surface area contributed by atoms with Gasteiger partial charge in [-0.3, -0.25) is 14.9 Å². The fourth-order valence-corrected chi connectivity index (χ4v) is 2.40. The zero-order chi connectivity index (χ0) is 13.1. The number of carboxylic acids is 1. The second kappa shape index (κ2) is 5.45. The predicted octanol–water partition coefficient (Wildman–Crippen LogP) is 1.13. The molecule has 0 spiro atoms. The van der Waals surface area contributed by atoms with Gasteiger partial charge in [-0.25, -0.2) is 4.98 Å². The van der Waals surface area contributed by atoms with Gasteiger partial charge in [0.05, 0.1) is 12.1 Å². The van der Waals surface area contributed by atoms with Crippen LogP contribution in [0.15, 0.2) is 5.38 Å². The molecule has 0 aliphatic heterocycles. The lowest BCUT2D eigenvalue weighted by atomic mass is 10.2. The van der Waals surface area contributed by atoms with Gasteiger partial charge in [-0.05, 0) is 18.8 Å². The van der Waals surface area contributed by atoms with E-state index in [4.69, 9.17) is 9.84 Å². The minimum atomic E-state index is -0.939. The highest BCUT2D eigenvalue weighted by atomic mass is 32.1.